The molecule has 2 unspecified atom stereocenters. The van der Waals surface area contributed by atoms with Crippen molar-refractivity contribution in [2.75, 3.05) is 12.4 Å². The molecule has 1 saturated heterocycles. The molecule has 2 heterocycles. The minimum atomic E-state index is -0.594. The van der Waals surface area contributed by atoms with E-state index in [4.69, 9.17) is 4.74 Å². The highest BCUT2D eigenvalue weighted by Crippen LogP contribution is 2.40. The third-order valence-corrected chi connectivity index (χ3v) is 6.12. The summed E-state index contributed by atoms with van der Waals surface area (Å²) in [5.74, 6) is 2.18. The summed E-state index contributed by atoms with van der Waals surface area (Å²) in [5, 5.41) is 11.2. The number of halogens is 1. The second-order valence-corrected chi connectivity index (χ2v) is 7.91. The lowest BCUT2D eigenvalue weighted by Gasteiger charge is -2.38. The summed E-state index contributed by atoms with van der Waals surface area (Å²) in [6.07, 6.45) is 3.67. The van der Waals surface area contributed by atoms with Crippen molar-refractivity contribution in [1.82, 2.24) is 0 Å². The number of aliphatic hydroxyl groups is 1. The van der Waals surface area contributed by atoms with Gasteiger partial charge in [0.05, 0.1) is 12.2 Å². The molecule has 0 aromatic heterocycles. The highest BCUT2D eigenvalue weighted by molar-refractivity contribution is 9.10. The molecular formula is C15H19BrO2S. The van der Waals surface area contributed by atoms with Gasteiger partial charge in [0.2, 0.25) is 0 Å². The predicted octanol–water partition coefficient (Wildman–Crippen LogP) is 3.57. The summed E-state index contributed by atoms with van der Waals surface area (Å²) < 4.78 is 6.86. The van der Waals surface area contributed by atoms with E-state index < -0.39 is 5.60 Å². The average Bonchev–Trinajstić information content (AvgIpc) is 2.81. The van der Waals surface area contributed by atoms with Crippen molar-refractivity contribution in [3.05, 3.63) is 27.7 Å². The quantitative estimate of drug-likeness (QED) is 0.890. The first-order valence-corrected chi connectivity index (χ1v) is 8.71. The van der Waals surface area contributed by atoms with Gasteiger partial charge in [-0.1, -0.05) is 22.9 Å². The Bertz CT molecular complexity index is 491. The minimum Gasteiger partial charge on any atom is -0.493 e. The lowest BCUT2D eigenvalue weighted by Crippen LogP contribution is -2.43. The van der Waals surface area contributed by atoms with Crippen molar-refractivity contribution in [2.24, 2.45) is 0 Å². The number of thioether (sulfide) groups is 1. The zero-order valence-corrected chi connectivity index (χ0v) is 13.5. The van der Waals surface area contributed by atoms with Gasteiger partial charge >= 0.3 is 0 Å². The number of hydrogen-bond acceptors (Lipinski definition) is 3. The molecule has 2 atom stereocenters. The van der Waals surface area contributed by atoms with Gasteiger partial charge in [0, 0.05) is 22.6 Å². The minimum absolute atomic E-state index is 0.289. The number of benzene rings is 1. The third-order valence-electron chi connectivity index (χ3n) is 4.20. The lowest BCUT2D eigenvalue weighted by molar-refractivity contribution is 0.0292. The SMILES string of the molecule is CC1SCCCC1(O)Cc1cc(Br)cc2c1OCC2. The second kappa shape index (κ2) is 5.30. The van der Waals surface area contributed by atoms with Crippen molar-refractivity contribution in [2.45, 2.75) is 43.5 Å². The Hall–Kier alpha value is -0.190. The van der Waals surface area contributed by atoms with E-state index in [-0.39, 0.29) is 5.25 Å². The van der Waals surface area contributed by atoms with Gasteiger partial charge in [0.25, 0.3) is 0 Å². The average molecular weight is 343 g/mol. The Morgan fingerprint density at radius 2 is 2.37 bits per heavy atom. The van der Waals surface area contributed by atoms with E-state index in [1.54, 1.807) is 0 Å². The van der Waals surface area contributed by atoms with E-state index in [1.165, 1.54) is 5.56 Å². The molecular weight excluding hydrogens is 324 g/mol. The van der Waals surface area contributed by atoms with Crippen LogP contribution in [0.25, 0.3) is 0 Å². The summed E-state index contributed by atoms with van der Waals surface area (Å²) in [6, 6.07) is 4.24. The van der Waals surface area contributed by atoms with Crippen molar-refractivity contribution in [1.29, 1.82) is 0 Å². The molecule has 2 nitrogen and oxygen atoms in total. The van der Waals surface area contributed by atoms with E-state index in [1.807, 2.05) is 11.8 Å². The Labute approximate surface area is 127 Å². The van der Waals surface area contributed by atoms with Gasteiger partial charge in [-0.15, -0.1) is 0 Å². The molecule has 19 heavy (non-hydrogen) atoms. The Morgan fingerprint density at radius 3 is 3.16 bits per heavy atom. The molecule has 0 aliphatic carbocycles. The van der Waals surface area contributed by atoms with Crippen molar-refractivity contribution in [3.8, 4) is 5.75 Å². The van der Waals surface area contributed by atoms with Gasteiger partial charge in [-0.05, 0) is 41.9 Å². The predicted molar refractivity (Wildman–Crippen MR) is 83.1 cm³/mol. The number of rotatable bonds is 2. The summed E-state index contributed by atoms with van der Waals surface area (Å²) in [7, 11) is 0. The smallest absolute Gasteiger partial charge is 0.125 e. The molecule has 1 fully saturated rings. The molecule has 2 aliphatic heterocycles. The summed E-state index contributed by atoms with van der Waals surface area (Å²) in [4.78, 5) is 0. The van der Waals surface area contributed by atoms with Gasteiger partial charge in [-0.2, -0.15) is 11.8 Å². The number of hydrogen-bond donors (Lipinski definition) is 1. The van der Waals surface area contributed by atoms with E-state index >= 15 is 0 Å². The molecule has 0 bridgehead atoms. The van der Waals surface area contributed by atoms with Gasteiger partial charge in [0.15, 0.2) is 0 Å². The van der Waals surface area contributed by atoms with Gasteiger partial charge in [0.1, 0.15) is 5.75 Å². The fourth-order valence-corrected chi connectivity index (χ4v) is 4.76. The first-order valence-electron chi connectivity index (χ1n) is 6.86. The van der Waals surface area contributed by atoms with E-state index in [0.29, 0.717) is 6.42 Å². The van der Waals surface area contributed by atoms with Crippen LogP contribution in [0.3, 0.4) is 0 Å². The lowest BCUT2D eigenvalue weighted by atomic mass is 9.86. The molecule has 1 aromatic carbocycles. The maximum atomic E-state index is 10.9. The van der Waals surface area contributed by atoms with Crippen LogP contribution in [0.4, 0.5) is 0 Å². The largest absolute Gasteiger partial charge is 0.493 e. The second-order valence-electron chi connectivity index (χ2n) is 5.55. The molecule has 1 N–H and O–H groups in total. The van der Waals surface area contributed by atoms with Gasteiger partial charge in [-0.25, -0.2) is 0 Å². The highest BCUT2D eigenvalue weighted by atomic mass is 79.9. The van der Waals surface area contributed by atoms with Crippen LogP contribution in [0.1, 0.15) is 30.9 Å². The van der Waals surface area contributed by atoms with E-state index in [0.717, 1.165) is 47.4 Å². The molecule has 104 valence electrons. The monoisotopic (exact) mass is 342 g/mol. The topological polar surface area (TPSA) is 29.5 Å². The molecule has 0 saturated carbocycles. The maximum absolute atomic E-state index is 10.9. The van der Waals surface area contributed by atoms with Crippen LogP contribution < -0.4 is 4.74 Å². The van der Waals surface area contributed by atoms with Crippen LogP contribution >= 0.6 is 27.7 Å². The molecule has 3 rings (SSSR count). The summed E-state index contributed by atoms with van der Waals surface area (Å²) >= 11 is 5.45. The van der Waals surface area contributed by atoms with E-state index in [2.05, 4.69) is 35.0 Å². The number of ether oxygens (including phenoxy) is 1. The van der Waals surface area contributed by atoms with Crippen molar-refractivity contribution >= 4 is 27.7 Å². The first kappa shape index (κ1) is 13.8. The third kappa shape index (κ3) is 2.67. The normalized spacial score (nSPS) is 29.9. The first-order chi connectivity index (χ1) is 9.08. The highest BCUT2D eigenvalue weighted by Gasteiger charge is 2.38. The molecule has 4 heteroatoms. The molecule has 0 radical (unpaired) electrons. The molecule has 2 aliphatic rings. The van der Waals surface area contributed by atoms with Crippen LogP contribution in [0.2, 0.25) is 0 Å². The maximum Gasteiger partial charge on any atom is 0.125 e. The fraction of sp³-hybridized carbons (Fsp3) is 0.600. The van der Waals surface area contributed by atoms with Gasteiger partial charge in [-0.3, -0.25) is 0 Å². The van der Waals surface area contributed by atoms with Gasteiger partial charge < -0.3 is 9.84 Å². The Morgan fingerprint density at radius 1 is 1.53 bits per heavy atom. The molecule has 0 amide bonds. The summed E-state index contributed by atoms with van der Waals surface area (Å²) in [6.45, 7) is 2.91. The van der Waals surface area contributed by atoms with Crippen LogP contribution in [0, 0.1) is 0 Å². The van der Waals surface area contributed by atoms with Crippen LogP contribution in [0.5, 0.6) is 5.75 Å². The zero-order chi connectivity index (χ0) is 13.5. The van der Waals surface area contributed by atoms with E-state index in [9.17, 15) is 5.11 Å². The van der Waals surface area contributed by atoms with Crippen LogP contribution in [0.15, 0.2) is 16.6 Å². The fourth-order valence-electron chi connectivity index (χ4n) is 3.04. The van der Waals surface area contributed by atoms with Crippen molar-refractivity contribution < 1.29 is 9.84 Å². The molecule has 1 aromatic rings. The van der Waals surface area contributed by atoms with Crippen LogP contribution in [-0.2, 0) is 12.8 Å². The zero-order valence-electron chi connectivity index (χ0n) is 11.1. The standard InChI is InChI=1S/C15H19BrO2S/c1-10-15(17,4-2-6-19-10)9-12-8-13(16)7-11-3-5-18-14(11)12/h7-8,10,17H,2-6,9H2,1H3. The van der Waals surface area contributed by atoms with Crippen molar-refractivity contribution in [3.63, 3.8) is 0 Å². The molecule has 0 spiro atoms. The summed E-state index contributed by atoms with van der Waals surface area (Å²) in [5.41, 5.74) is 1.83. The van der Waals surface area contributed by atoms with Crippen LogP contribution in [-0.4, -0.2) is 28.3 Å². The number of fused-ring (bicyclic) bond motifs is 1. The Balaban J connectivity index is 1.91. The Kier molecular flexibility index (Phi) is 3.84.